The number of thiophene rings is 2. The minimum Gasteiger partial charge on any atom is -0.135 e. The molecule has 0 amide bonds. The molecule has 0 fully saturated rings. The van der Waals surface area contributed by atoms with Gasteiger partial charge in [-0.25, -0.2) is 0 Å². The van der Waals surface area contributed by atoms with Gasteiger partial charge in [-0.15, -0.1) is 22.7 Å². The monoisotopic (exact) mass is 922 g/mol. The van der Waals surface area contributed by atoms with Crippen LogP contribution in [-0.2, 0) is 5.41 Å². The number of hydrogen-bond acceptors (Lipinski definition) is 2. The Hall–Kier alpha value is -6.93. The maximum absolute atomic E-state index is 2.93. The summed E-state index contributed by atoms with van der Waals surface area (Å²) in [6.45, 7) is 4.96. The second kappa shape index (κ2) is 15.6. The predicted octanol–water partition coefficient (Wildman–Crippen LogP) is 11.5. The summed E-state index contributed by atoms with van der Waals surface area (Å²) in [5, 5.41) is 16.7. The molecule has 1 aliphatic carbocycles. The fourth-order valence-electron chi connectivity index (χ4n) is 12.0. The van der Waals surface area contributed by atoms with Crippen molar-refractivity contribution in [2.24, 2.45) is 0 Å². The fourth-order valence-corrected chi connectivity index (χ4v) is 25.1. The van der Waals surface area contributed by atoms with E-state index in [9.17, 15) is 0 Å². The normalized spacial score (nSPS) is 13.3. The molecule has 67 heavy (non-hydrogen) atoms. The van der Waals surface area contributed by atoms with Crippen LogP contribution < -0.4 is 41.5 Å². The molecule has 0 aliphatic heterocycles. The lowest BCUT2D eigenvalue weighted by Gasteiger charge is -2.36. The maximum atomic E-state index is 2.64. The van der Waals surface area contributed by atoms with Crippen LogP contribution in [0, 0.1) is 0 Å². The Morgan fingerprint density at radius 1 is 0.299 bits per heavy atom. The molecule has 0 radical (unpaired) electrons. The molecular weight excluding hydrogens is 877 g/mol. The Morgan fingerprint density at radius 3 is 1.00 bits per heavy atom. The first kappa shape index (κ1) is 40.4. The third kappa shape index (κ3) is 5.87. The van der Waals surface area contributed by atoms with E-state index in [1.54, 1.807) is 0 Å². The van der Waals surface area contributed by atoms with Crippen LogP contribution in [0.25, 0.3) is 51.5 Å². The lowest BCUT2D eigenvalue weighted by Crippen LogP contribution is -2.75. The molecule has 0 bridgehead atoms. The van der Waals surface area contributed by atoms with E-state index < -0.39 is 16.1 Å². The van der Waals surface area contributed by atoms with E-state index in [1.807, 2.05) is 22.7 Å². The summed E-state index contributed by atoms with van der Waals surface area (Å²) in [5.41, 5.74) is 5.23. The fraction of sp³-hybridized carbons (Fsp3) is 0.0476. The zero-order valence-corrected chi connectivity index (χ0v) is 41.0. The first-order valence-electron chi connectivity index (χ1n) is 23.3. The van der Waals surface area contributed by atoms with Gasteiger partial charge in [-0.1, -0.05) is 244 Å². The molecule has 4 heteroatoms. The summed E-state index contributed by atoms with van der Waals surface area (Å²) in [6.07, 6.45) is 0. The van der Waals surface area contributed by atoms with Gasteiger partial charge in [0.15, 0.2) is 16.1 Å². The van der Waals surface area contributed by atoms with E-state index in [4.69, 9.17) is 0 Å². The Labute approximate surface area is 402 Å². The van der Waals surface area contributed by atoms with E-state index >= 15 is 0 Å². The standard InChI is InChI=1S/C63H46S2Si2/c1-63(2)55-41-47(66(43-21-7-3-8-22-43,44-23-9-4-10-24-44)59-35-19-31-53-51-29-15-17-33-57(51)64-61(53)59)37-39-49(55)50-40-38-48(42-56(50)63)67(45-25-11-5-12-26-45,46-27-13-6-14-28-46)60-36-20-32-54-52-30-16-18-34-58(52)65-62(54)60/h3-42H,1-2H3. The first-order chi connectivity index (χ1) is 33.0. The highest BCUT2D eigenvalue weighted by molar-refractivity contribution is 7.31. The second-order valence-electron chi connectivity index (χ2n) is 18.7. The van der Waals surface area contributed by atoms with Crippen molar-refractivity contribution in [2.75, 3.05) is 0 Å². The largest absolute Gasteiger partial charge is 0.181 e. The van der Waals surface area contributed by atoms with Crippen LogP contribution in [0.4, 0.5) is 0 Å². The van der Waals surface area contributed by atoms with Crippen LogP contribution in [0.15, 0.2) is 243 Å². The van der Waals surface area contributed by atoms with Gasteiger partial charge in [0.1, 0.15) is 0 Å². The zero-order chi connectivity index (χ0) is 44.7. The summed E-state index contributed by atoms with van der Waals surface area (Å²) in [4.78, 5) is 0. The SMILES string of the molecule is CC1(C)c2cc([Si](c3ccccc3)(c3ccccc3)c3cccc4c3sc3ccccc34)ccc2-c2ccc([Si](c3ccccc3)(c3ccccc3)c3cccc4c3sc3ccccc34)cc21. The molecule has 13 rings (SSSR count). The minimum atomic E-state index is -2.93. The molecule has 0 spiro atoms. The van der Waals surface area contributed by atoms with Crippen molar-refractivity contribution < 1.29 is 0 Å². The molecule has 1 aliphatic rings. The average Bonchev–Trinajstić information content (AvgIpc) is 4.04. The van der Waals surface area contributed by atoms with Gasteiger partial charge >= 0.3 is 0 Å². The van der Waals surface area contributed by atoms with Crippen molar-refractivity contribution in [3.63, 3.8) is 0 Å². The third-order valence-corrected chi connectivity index (χ3v) is 27.4. The molecule has 0 saturated heterocycles. The highest BCUT2D eigenvalue weighted by Crippen LogP contribution is 2.48. The molecule has 12 aromatic rings. The van der Waals surface area contributed by atoms with E-state index in [1.165, 1.54) is 104 Å². The van der Waals surface area contributed by atoms with E-state index in [0.29, 0.717) is 0 Å². The first-order valence-corrected chi connectivity index (χ1v) is 29.0. The Balaban J connectivity index is 1.06. The summed E-state index contributed by atoms with van der Waals surface area (Å²) < 4.78 is 5.47. The van der Waals surface area contributed by atoms with Crippen LogP contribution >= 0.6 is 22.7 Å². The molecular formula is C63H46S2Si2. The van der Waals surface area contributed by atoms with Gasteiger partial charge in [0.25, 0.3) is 0 Å². The van der Waals surface area contributed by atoms with Gasteiger partial charge < -0.3 is 0 Å². The quantitative estimate of drug-likeness (QED) is 0.105. The van der Waals surface area contributed by atoms with Gasteiger partial charge in [-0.2, -0.15) is 0 Å². The van der Waals surface area contributed by atoms with Crippen molar-refractivity contribution in [3.05, 3.63) is 254 Å². The zero-order valence-electron chi connectivity index (χ0n) is 37.4. The summed E-state index contributed by atoms with van der Waals surface area (Å²) in [6, 6.07) is 93.2. The van der Waals surface area contributed by atoms with Crippen molar-refractivity contribution in [1.29, 1.82) is 0 Å². The predicted molar refractivity (Wildman–Crippen MR) is 297 cm³/mol. The van der Waals surface area contributed by atoms with Crippen LogP contribution in [-0.4, -0.2) is 16.1 Å². The van der Waals surface area contributed by atoms with Crippen LogP contribution in [0.5, 0.6) is 0 Å². The van der Waals surface area contributed by atoms with Gasteiger partial charge in [0, 0.05) is 45.8 Å². The maximum Gasteiger partial charge on any atom is 0.181 e. The highest BCUT2D eigenvalue weighted by Gasteiger charge is 2.47. The van der Waals surface area contributed by atoms with Gasteiger partial charge in [-0.3, -0.25) is 0 Å². The Morgan fingerprint density at radius 2 is 0.627 bits per heavy atom. The smallest absolute Gasteiger partial charge is 0.135 e. The molecule has 2 heterocycles. The number of fused-ring (bicyclic) bond motifs is 9. The Bertz CT molecular complexity index is 3500. The topological polar surface area (TPSA) is 0 Å². The molecule has 10 aromatic carbocycles. The highest BCUT2D eigenvalue weighted by atomic mass is 32.1. The van der Waals surface area contributed by atoms with Gasteiger partial charge in [-0.05, 0) is 75.9 Å². The molecule has 0 nitrogen and oxygen atoms in total. The van der Waals surface area contributed by atoms with Gasteiger partial charge in [0.05, 0.1) is 0 Å². The molecule has 318 valence electrons. The second-order valence-corrected chi connectivity index (χ2v) is 28.3. The lowest BCUT2D eigenvalue weighted by molar-refractivity contribution is 0.661. The molecule has 0 N–H and O–H groups in total. The average molecular weight is 923 g/mol. The third-order valence-electron chi connectivity index (χ3n) is 15.0. The number of benzene rings is 10. The lowest BCUT2D eigenvalue weighted by atomic mass is 9.82. The molecule has 0 atom stereocenters. The van der Waals surface area contributed by atoms with Crippen molar-refractivity contribution in [3.8, 4) is 11.1 Å². The summed E-state index contributed by atoms with van der Waals surface area (Å²) >= 11 is 3.91. The van der Waals surface area contributed by atoms with Crippen LogP contribution in [0.2, 0.25) is 0 Å². The minimum absolute atomic E-state index is 0.273. The van der Waals surface area contributed by atoms with Crippen molar-refractivity contribution in [2.45, 2.75) is 19.3 Å². The Kier molecular flexibility index (Phi) is 9.39. The van der Waals surface area contributed by atoms with Crippen molar-refractivity contribution >= 4 is 121 Å². The summed E-state index contributed by atoms with van der Waals surface area (Å²) in [5.74, 6) is 0. The van der Waals surface area contributed by atoms with E-state index in [-0.39, 0.29) is 5.41 Å². The summed E-state index contributed by atoms with van der Waals surface area (Å²) in [7, 11) is -5.86. The van der Waals surface area contributed by atoms with Crippen LogP contribution in [0.1, 0.15) is 25.0 Å². The molecule has 0 saturated carbocycles. The van der Waals surface area contributed by atoms with Crippen molar-refractivity contribution in [1.82, 2.24) is 0 Å². The van der Waals surface area contributed by atoms with E-state index in [0.717, 1.165) is 0 Å². The van der Waals surface area contributed by atoms with Crippen LogP contribution in [0.3, 0.4) is 0 Å². The van der Waals surface area contributed by atoms with E-state index in [2.05, 4.69) is 257 Å². The molecule has 2 aromatic heterocycles. The molecule has 0 unspecified atom stereocenters. The number of rotatable bonds is 8. The number of hydrogen-bond donors (Lipinski definition) is 0. The van der Waals surface area contributed by atoms with Gasteiger partial charge in [0.2, 0.25) is 0 Å².